The predicted molar refractivity (Wildman–Crippen MR) is 106 cm³/mol. The Morgan fingerprint density at radius 2 is 1.81 bits per heavy atom. The van der Waals surface area contributed by atoms with E-state index in [0.29, 0.717) is 28.3 Å². The van der Waals surface area contributed by atoms with Crippen LogP contribution in [0.25, 0.3) is 0 Å². The van der Waals surface area contributed by atoms with E-state index in [1.165, 1.54) is 0 Å². The van der Waals surface area contributed by atoms with Crippen molar-refractivity contribution in [2.24, 2.45) is 0 Å². The first-order chi connectivity index (χ1) is 12.8. The third kappa shape index (κ3) is 6.05. The predicted octanol–water partition coefficient (Wildman–Crippen LogP) is 2.08. The number of allylic oxidation sites excluding steroid dienone is 3. The number of ketones is 1. The van der Waals surface area contributed by atoms with Crippen molar-refractivity contribution in [1.29, 1.82) is 0 Å². The van der Waals surface area contributed by atoms with Crippen molar-refractivity contribution in [3.05, 3.63) is 52.5 Å². The lowest BCUT2D eigenvalue weighted by Gasteiger charge is -2.24. The standard InChI is InChI=1S/C19H23NO5S2/c1-26(24)14-7-5-13(6-8-14)19(20-11-3-4-18(22)23)16-10-9-15(27(2)25)12-17(16)21/h5-10,19-20H,3-4,11-12H2,1-2H3,(H,22,23). The molecule has 0 saturated heterocycles. The molecule has 0 bridgehead atoms. The summed E-state index contributed by atoms with van der Waals surface area (Å²) in [7, 11) is -2.28. The molecule has 0 fully saturated rings. The van der Waals surface area contributed by atoms with Crippen LogP contribution in [0.1, 0.15) is 30.9 Å². The average molecular weight is 410 g/mol. The van der Waals surface area contributed by atoms with Crippen molar-refractivity contribution >= 4 is 33.4 Å². The maximum absolute atomic E-state index is 12.6. The lowest BCUT2D eigenvalue weighted by Crippen LogP contribution is -2.29. The van der Waals surface area contributed by atoms with Crippen molar-refractivity contribution < 1.29 is 23.1 Å². The van der Waals surface area contributed by atoms with Gasteiger partial charge in [-0.3, -0.25) is 18.0 Å². The maximum Gasteiger partial charge on any atom is 0.303 e. The zero-order chi connectivity index (χ0) is 20.0. The highest BCUT2D eigenvalue weighted by atomic mass is 32.2. The number of carboxylic acid groups (broad SMARTS) is 1. The van der Waals surface area contributed by atoms with Crippen LogP contribution < -0.4 is 5.32 Å². The molecule has 3 unspecified atom stereocenters. The lowest BCUT2D eigenvalue weighted by atomic mass is 9.91. The Morgan fingerprint density at radius 3 is 2.33 bits per heavy atom. The van der Waals surface area contributed by atoms with Crippen LogP contribution in [0.3, 0.4) is 0 Å². The van der Waals surface area contributed by atoms with Crippen molar-refractivity contribution in [2.75, 3.05) is 19.1 Å². The number of carbonyl (C=O) groups excluding carboxylic acids is 1. The van der Waals surface area contributed by atoms with Crippen LogP contribution in [0.2, 0.25) is 0 Å². The second-order valence-electron chi connectivity index (χ2n) is 6.22. The molecule has 0 aliphatic heterocycles. The molecule has 0 saturated carbocycles. The van der Waals surface area contributed by atoms with Crippen LogP contribution in [0.15, 0.2) is 51.8 Å². The monoisotopic (exact) mass is 409 g/mol. The molecule has 0 aromatic heterocycles. The van der Waals surface area contributed by atoms with Crippen LogP contribution in [0.4, 0.5) is 0 Å². The van der Waals surface area contributed by atoms with Gasteiger partial charge in [0.15, 0.2) is 5.78 Å². The first-order valence-corrected chi connectivity index (χ1v) is 11.6. The Hall–Kier alpha value is -1.90. The fourth-order valence-electron chi connectivity index (χ4n) is 2.79. The molecule has 1 aromatic carbocycles. The van der Waals surface area contributed by atoms with Gasteiger partial charge in [-0.2, -0.15) is 0 Å². The van der Waals surface area contributed by atoms with Gasteiger partial charge >= 0.3 is 5.97 Å². The number of aliphatic carboxylic acids is 1. The Balaban J connectivity index is 2.29. The van der Waals surface area contributed by atoms with E-state index in [-0.39, 0.29) is 18.6 Å². The van der Waals surface area contributed by atoms with Gasteiger partial charge in [-0.1, -0.05) is 18.2 Å². The molecule has 0 spiro atoms. The zero-order valence-electron chi connectivity index (χ0n) is 15.3. The SMILES string of the molecule is CS(=O)C1=CC=C(C(NCCCC(=O)O)c2ccc(S(C)=O)cc2)C(=O)C1. The Bertz CT molecular complexity index is 827. The van der Waals surface area contributed by atoms with E-state index in [4.69, 9.17) is 5.11 Å². The highest BCUT2D eigenvalue weighted by Crippen LogP contribution is 2.29. The highest BCUT2D eigenvalue weighted by Gasteiger charge is 2.26. The molecule has 27 heavy (non-hydrogen) atoms. The van der Waals surface area contributed by atoms with Gasteiger partial charge < -0.3 is 10.4 Å². The quantitative estimate of drug-likeness (QED) is 0.606. The molecule has 6 nitrogen and oxygen atoms in total. The van der Waals surface area contributed by atoms with Gasteiger partial charge in [-0.25, -0.2) is 0 Å². The van der Waals surface area contributed by atoms with Gasteiger partial charge in [0.2, 0.25) is 0 Å². The average Bonchev–Trinajstić information content (AvgIpc) is 2.62. The maximum atomic E-state index is 12.6. The normalized spacial score (nSPS) is 17.6. The zero-order valence-corrected chi connectivity index (χ0v) is 16.9. The van der Waals surface area contributed by atoms with Crippen molar-refractivity contribution in [2.45, 2.75) is 30.2 Å². The van der Waals surface area contributed by atoms with Crippen LogP contribution in [-0.4, -0.2) is 44.3 Å². The number of benzene rings is 1. The van der Waals surface area contributed by atoms with Crippen LogP contribution in [0, 0.1) is 0 Å². The molecule has 2 N–H and O–H groups in total. The minimum atomic E-state index is -1.19. The smallest absolute Gasteiger partial charge is 0.303 e. The number of hydrogen-bond donors (Lipinski definition) is 2. The van der Waals surface area contributed by atoms with Crippen molar-refractivity contribution in [3.63, 3.8) is 0 Å². The summed E-state index contributed by atoms with van der Waals surface area (Å²) in [4.78, 5) is 24.6. The Labute approximate surface area is 163 Å². The molecule has 1 aliphatic rings. The third-order valence-corrected chi connectivity index (χ3v) is 6.20. The fourth-order valence-corrected chi connectivity index (χ4v) is 3.91. The van der Waals surface area contributed by atoms with E-state index < -0.39 is 33.6 Å². The van der Waals surface area contributed by atoms with Crippen molar-refractivity contribution in [1.82, 2.24) is 5.32 Å². The molecule has 8 heteroatoms. The molecule has 0 heterocycles. The Morgan fingerprint density at radius 1 is 1.15 bits per heavy atom. The summed E-state index contributed by atoms with van der Waals surface area (Å²) in [5.41, 5.74) is 1.37. The van der Waals surface area contributed by atoms with E-state index in [2.05, 4.69) is 5.32 Å². The minimum Gasteiger partial charge on any atom is -0.481 e. The van der Waals surface area contributed by atoms with Gasteiger partial charge in [-0.05, 0) is 36.7 Å². The van der Waals surface area contributed by atoms with E-state index in [1.54, 1.807) is 36.8 Å². The van der Waals surface area contributed by atoms with E-state index >= 15 is 0 Å². The van der Waals surface area contributed by atoms with Gasteiger partial charge in [0, 0.05) is 62.3 Å². The molecule has 1 aliphatic carbocycles. The van der Waals surface area contributed by atoms with E-state index in [0.717, 1.165) is 5.56 Å². The number of carboxylic acids is 1. The third-order valence-electron chi connectivity index (χ3n) is 4.25. The summed E-state index contributed by atoms with van der Waals surface area (Å²) in [6, 6.07) is 6.74. The molecule has 2 rings (SSSR count). The van der Waals surface area contributed by atoms with Crippen molar-refractivity contribution in [3.8, 4) is 0 Å². The fraction of sp³-hybridized carbons (Fsp3) is 0.368. The number of Topliss-reactive ketones (excluding diaryl/α,β-unsaturated/α-hetero) is 1. The molecule has 0 amide bonds. The van der Waals surface area contributed by atoms with Crippen LogP contribution in [0.5, 0.6) is 0 Å². The van der Waals surface area contributed by atoms with E-state index in [9.17, 15) is 18.0 Å². The Kier molecular flexibility index (Phi) is 7.82. The van der Waals surface area contributed by atoms with Crippen LogP contribution in [-0.2, 0) is 31.2 Å². The molecule has 1 aromatic rings. The molecule has 0 radical (unpaired) electrons. The minimum absolute atomic E-state index is 0.0410. The molecular weight excluding hydrogens is 386 g/mol. The second-order valence-corrected chi connectivity index (χ2v) is 9.03. The topological polar surface area (TPSA) is 101 Å². The summed E-state index contributed by atoms with van der Waals surface area (Å²) in [5, 5.41) is 12.0. The summed E-state index contributed by atoms with van der Waals surface area (Å²) < 4.78 is 23.2. The van der Waals surface area contributed by atoms with E-state index in [1.807, 2.05) is 12.1 Å². The summed E-state index contributed by atoms with van der Waals surface area (Å²) in [6.07, 6.45) is 7.13. The summed E-state index contributed by atoms with van der Waals surface area (Å²) in [5.74, 6) is -0.976. The largest absolute Gasteiger partial charge is 0.481 e. The number of hydrogen-bond acceptors (Lipinski definition) is 5. The number of nitrogens with one attached hydrogen (secondary N) is 1. The van der Waals surface area contributed by atoms with Gasteiger partial charge in [-0.15, -0.1) is 0 Å². The summed E-state index contributed by atoms with van der Waals surface area (Å²) in [6.45, 7) is 0.430. The van der Waals surface area contributed by atoms with Gasteiger partial charge in [0.05, 0.1) is 6.04 Å². The summed E-state index contributed by atoms with van der Waals surface area (Å²) >= 11 is 0. The van der Waals surface area contributed by atoms with Crippen LogP contribution >= 0.6 is 0 Å². The number of carbonyl (C=O) groups is 2. The molecule has 3 atom stereocenters. The second kappa shape index (κ2) is 9.87. The van der Waals surface area contributed by atoms with Gasteiger partial charge in [0.1, 0.15) is 0 Å². The first kappa shape index (κ1) is 21.4. The lowest BCUT2D eigenvalue weighted by molar-refractivity contribution is -0.137. The molecule has 146 valence electrons. The number of rotatable bonds is 9. The first-order valence-electron chi connectivity index (χ1n) is 8.45. The molecular formula is C19H23NO5S2. The highest BCUT2D eigenvalue weighted by molar-refractivity contribution is 7.88. The van der Waals surface area contributed by atoms with Gasteiger partial charge in [0.25, 0.3) is 0 Å².